The van der Waals surface area contributed by atoms with Gasteiger partial charge < -0.3 is 34.4 Å². The maximum Gasteiger partial charge on any atom is 0.569 e. The number of rotatable bonds is 18. The van der Waals surface area contributed by atoms with Crippen molar-refractivity contribution in [3.8, 4) is 73.0 Å². The summed E-state index contributed by atoms with van der Waals surface area (Å²) in [6.45, 7) is 0. The van der Waals surface area contributed by atoms with Crippen LogP contribution < -0.4 is 24.8 Å². The molecule has 17 aromatic rings. The van der Waals surface area contributed by atoms with Crippen LogP contribution in [0.4, 0.5) is 51.2 Å². The standard InChI is InChI=1S/C56H40N4.C20H15B2N2O4.C18H14BrN/c1-5-15-47(16-6-1)59(48-17-7-2-8-18-48)51-37-33-43(34-38-51)41-25-29-45(30-26-41)55-56(58-54-24-14-13-23-53(54)57-55)46-31-27-42(28-32-46)44-35-39-52(40-36-44)60(49-19-9-3-10-20-49)50-21-11-4-12-22-50;25-21-28-16-11-7-14(8-12-16)20-19(13-5-9-15(10-6-13)22(26)27)23-17-3-1-2-4-18(17)24-20;19-15-11-13-18(14-12-15)20(16-7-3-1-4-8-16)17-9-5-2-6-10-17/h1-40H;1-12,25-27H;1-14H. The van der Waals surface area contributed by atoms with Crippen LogP contribution in [0.1, 0.15) is 0 Å². The lowest BCUT2D eigenvalue weighted by atomic mass is 9.80. The molecule has 0 unspecified atom stereocenters. The monoisotopic (exact) mass is 1460 g/mol. The third-order valence-corrected chi connectivity index (χ3v) is 18.9. The summed E-state index contributed by atoms with van der Waals surface area (Å²) in [7, 11) is -0.889. The van der Waals surface area contributed by atoms with E-state index >= 15 is 0 Å². The Morgan fingerprint density at radius 3 is 0.694 bits per heavy atom. The van der Waals surface area contributed by atoms with Gasteiger partial charge in [0.05, 0.1) is 44.8 Å². The number of hydrogen-bond donors (Lipinski definition) is 3. The van der Waals surface area contributed by atoms with Crippen molar-refractivity contribution in [2.45, 2.75) is 0 Å². The lowest BCUT2D eigenvalue weighted by molar-refractivity contribution is 0.425. The number of aromatic nitrogens is 4. The summed E-state index contributed by atoms with van der Waals surface area (Å²) < 4.78 is 6.05. The highest BCUT2D eigenvalue weighted by atomic mass is 79.9. The van der Waals surface area contributed by atoms with Crippen molar-refractivity contribution in [1.82, 2.24) is 19.9 Å². The summed E-state index contributed by atoms with van der Waals surface area (Å²) in [5.41, 5.74) is 25.1. The second kappa shape index (κ2) is 33.6. The Morgan fingerprint density at radius 2 is 0.444 bits per heavy atom. The van der Waals surface area contributed by atoms with E-state index in [1.54, 1.807) is 36.4 Å². The van der Waals surface area contributed by atoms with Crippen molar-refractivity contribution in [3.63, 3.8) is 0 Å². The molecule has 108 heavy (non-hydrogen) atoms. The van der Waals surface area contributed by atoms with Crippen LogP contribution in [0.15, 0.2) is 405 Å². The van der Waals surface area contributed by atoms with Gasteiger partial charge in [0.1, 0.15) is 5.75 Å². The fraction of sp³-hybridized carbons (Fsp3) is 0. The Morgan fingerprint density at radius 1 is 0.241 bits per heavy atom. The average molecular weight is 1460 g/mol. The van der Waals surface area contributed by atoms with E-state index in [0.717, 1.165) is 134 Å². The second-order valence-corrected chi connectivity index (χ2v) is 26.2. The van der Waals surface area contributed by atoms with E-state index in [1.807, 2.05) is 72.8 Å². The Hall–Kier alpha value is -13.3. The van der Waals surface area contributed by atoms with Gasteiger partial charge in [-0.1, -0.05) is 246 Å². The van der Waals surface area contributed by atoms with Gasteiger partial charge in [0.2, 0.25) is 0 Å². The van der Waals surface area contributed by atoms with Gasteiger partial charge >= 0.3 is 14.8 Å². The summed E-state index contributed by atoms with van der Waals surface area (Å²) >= 11 is 3.49. The molecule has 0 aliphatic carbocycles. The van der Waals surface area contributed by atoms with Crippen molar-refractivity contribution >= 4 is 109 Å². The predicted octanol–water partition coefficient (Wildman–Crippen LogP) is 22.7. The molecule has 11 nitrogen and oxygen atoms in total. The summed E-state index contributed by atoms with van der Waals surface area (Å²) in [6, 6.07) is 136. The zero-order valence-corrected chi connectivity index (χ0v) is 60.1. The van der Waals surface area contributed by atoms with Crippen LogP contribution >= 0.6 is 15.9 Å². The van der Waals surface area contributed by atoms with Crippen molar-refractivity contribution < 1.29 is 19.7 Å². The quantitative estimate of drug-likeness (QED) is 0.0710. The molecule has 3 N–H and O–H groups in total. The molecule has 2 heterocycles. The molecule has 0 aliphatic heterocycles. The summed E-state index contributed by atoms with van der Waals surface area (Å²) in [6.07, 6.45) is 0. The first kappa shape index (κ1) is 70.3. The molecule has 0 atom stereocenters. The average Bonchev–Trinajstić information content (AvgIpc) is 0.777. The molecule has 14 heteroatoms. The maximum absolute atomic E-state index is 9.32. The van der Waals surface area contributed by atoms with E-state index < -0.39 is 7.12 Å². The highest BCUT2D eigenvalue weighted by Gasteiger charge is 2.20. The zero-order chi connectivity index (χ0) is 73.4. The van der Waals surface area contributed by atoms with Gasteiger partial charge in [-0.25, -0.2) is 19.9 Å². The van der Waals surface area contributed by atoms with Crippen molar-refractivity contribution in [3.05, 3.63) is 405 Å². The van der Waals surface area contributed by atoms with Crippen LogP contribution in [0.25, 0.3) is 89.4 Å². The van der Waals surface area contributed by atoms with Crippen LogP contribution in [0.3, 0.4) is 0 Å². The van der Waals surface area contributed by atoms with Gasteiger partial charge in [-0.3, -0.25) is 0 Å². The van der Waals surface area contributed by atoms with Gasteiger partial charge in [-0.05, 0) is 198 Å². The molecule has 0 spiro atoms. The van der Waals surface area contributed by atoms with E-state index in [1.165, 1.54) is 0 Å². The van der Waals surface area contributed by atoms with Crippen molar-refractivity contribution in [2.24, 2.45) is 0 Å². The van der Waals surface area contributed by atoms with E-state index in [0.29, 0.717) is 30.3 Å². The van der Waals surface area contributed by atoms with Gasteiger partial charge in [-0.2, -0.15) is 0 Å². The Labute approximate surface area is 637 Å². The zero-order valence-electron chi connectivity index (χ0n) is 58.5. The Kier molecular flexibility index (Phi) is 21.9. The number of fused-ring (bicyclic) bond motifs is 2. The van der Waals surface area contributed by atoms with Crippen LogP contribution in [-0.4, -0.2) is 49.8 Å². The molecule has 2 aromatic heterocycles. The van der Waals surface area contributed by atoms with Crippen LogP contribution in [0.2, 0.25) is 0 Å². The molecule has 1 radical (unpaired) electrons. The van der Waals surface area contributed by atoms with Gasteiger partial charge in [-0.15, -0.1) is 0 Å². The number of benzene rings is 15. The number of hydrogen-bond acceptors (Lipinski definition) is 11. The summed E-state index contributed by atoms with van der Waals surface area (Å²) in [5, 5.41) is 27.4. The Bertz CT molecular complexity index is 5430. The molecular formula is C94H69B2BrN7O4. The highest BCUT2D eigenvalue weighted by Crippen LogP contribution is 2.41. The molecule has 0 saturated heterocycles. The first-order chi connectivity index (χ1) is 53.2. The van der Waals surface area contributed by atoms with Gasteiger partial charge in [0.15, 0.2) is 0 Å². The molecule has 0 amide bonds. The summed E-state index contributed by atoms with van der Waals surface area (Å²) in [5.74, 6) is 0.503. The molecule has 0 bridgehead atoms. The van der Waals surface area contributed by atoms with Crippen molar-refractivity contribution in [2.75, 3.05) is 14.7 Å². The highest BCUT2D eigenvalue weighted by molar-refractivity contribution is 9.10. The minimum Gasteiger partial charge on any atom is -0.537 e. The topological polar surface area (TPSA) is 131 Å². The smallest absolute Gasteiger partial charge is 0.537 e. The lowest BCUT2D eigenvalue weighted by Crippen LogP contribution is -2.29. The minimum atomic E-state index is -1.52. The largest absolute Gasteiger partial charge is 0.569 e. The van der Waals surface area contributed by atoms with Crippen LogP contribution in [-0.2, 0) is 0 Å². The molecule has 0 aliphatic rings. The predicted molar refractivity (Wildman–Crippen MR) is 448 cm³/mol. The molecule has 17 rings (SSSR count). The van der Waals surface area contributed by atoms with E-state index in [9.17, 15) is 10.0 Å². The SMILES string of the molecule is Brc1ccc(N(c2ccccc2)c2ccccc2)cc1.O[B]Oc1ccc(-c2nc3ccccc3nc2-c2ccc(B(O)O)cc2)cc1.c1ccc(N(c2ccccc2)c2ccc(-c3ccc(-c4nc5ccccc5nc4-c4ccc(-c5ccc(N(c6ccccc6)c6ccccc6)cc5)cc4)cc3)cc2)cc1. The van der Waals surface area contributed by atoms with Gasteiger partial charge in [0.25, 0.3) is 0 Å². The normalized spacial score (nSPS) is 10.8. The van der Waals surface area contributed by atoms with E-state index in [-0.39, 0.29) is 0 Å². The molecule has 0 fully saturated rings. The van der Waals surface area contributed by atoms with Crippen LogP contribution in [0, 0.1) is 0 Å². The third-order valence-electron chi connectivity index (χ3n) is 18.3. The summed E-state index contributed by atoms with van der Waals surface area (Å²) in [4.78, 5) is 26.8. The fourth-order valence-corrected chi connectivity index (χ4v) is 13.3. The van der Waals surface area contributed by atoms with Crippen molar-refractivity contribution in [1.29, 1.82) is 0 Å². The lowest BCUT2D eigenvalue weighted by Gasteiger charge is -2.25. The number of para-hydroxylation sites is 10. The number of nitrogens with zero attached hydrogens (tertiary/aromatic N) is 7. The third kappa shape index (κ3) is 16.4. The Balaban J connectivity index is 0.000000158. The number of anilines is 9. The molecule has 0 saturated carbocycles. The first-order valence-electron chi connectivity index (χ1n) is 35.4. The van der Waals surface area contributed by atoms with Crippen LogP contribution in [0.5, 0.6) is 5.75 Å². The fourth-order valence-electron chi connectivity index (χ4n) is 13.0. The van der Waals surface area contributed by atoms with E-state index in [2.05, 4.69) is 322 Å². The van der Waals surface area contributed by atoms with E-state index in [4.69, 9.17) is 29.6 Å². The molecule has 517 valence electrons. The minimum absolute atomic E-state index is 0.404. The second-order valence-electron chi connectivity index (χ2n) is 25.3. The van der Waals surface area contributed by atoms with Gasteiger partial charge in [0, 0.05) is 77.9 Å². The maximum atomic E-state index is 9.32. The molecular weight excluding hydrogens is 1390 g/mol. The molecule has 15 aromatic carbocycles. The first-order valence-corrected chi connectivity index (χ1v) is 36.2. The number of halogens is 1.